The van der Waals surface area contributed by atoms with E-state index in [4.69, 9.17) is 4.52 Å². The second-order valence-electron chi connectivity index (χ2n) is 6.72. The molecule has 6 nitrogen and oxygen atoms in total. The summed E-state index contributed by atoms with van der Waals surface area (Å²) in [4.78, 5) is 11.6. The average molecular weight is 386 g/mol. The van der Waals surface area contributed by atoms with Gasteiger partial charge >= 0.3 is 0 Å². The van der Waals surface area contributed by atoms with Crippen LogP contribution in [0.3, 0.4) is 0 Å². The van der Waals surface area contributed by atoms with Gasteiger partial charge in [-0.15, -0.1) is 0 Å². The van der Waals surface area contributed by atoms with Gasteiger partial charge in [0.1, 0.15) is 16.2 Å². The van der Waals surface area contributed by atoms with Gasteiger partial charge in [0.2, 0.25) is 15.9 Å². The van der Waals surface area contributed by atoms with Crippen molar-refractivity contribution in [3.8, 4) is 11.3 Å². The molecule has 1 heterocycles. The number of amides is 1. The van der Waals surface area contributed by atoms with Gasteiger partial charge in [-0.3, -0.25) is 9.52 Å². The Labute approximate surface area is 159 Å². The van der Waals surface area contributed by atoms with Gasteiger partial charge in [0, 0.05) is 12.0 Å². The molecule has 0 spiro atoms. The van der Waals surface area contributed by atoms with Crippen molar-refractivity contribution in [1.82, 2.24) is 9.88 Å². The van der Waals surface area contributed by atoms with E-state index in [0.717, 1.165) is 22.4 Å². The molecule has 0 saturated carbocycles. The lowest BCUT2D eigenvalue weighted by Crippen LogP contribution is -2.45. The summed E-state index contributed by atoms with van der Waals surface area (Å²) in [7, 11) is -3.83. The Hall–Kier alpha value is -2.67. The van der Waals surface area contributed by atoms with Gasteiger partial charge in [0.25, 0.3) is 0 Å². The van der Waals surface area contributed by atoms with Crippen LogP contribution >= 0.6 is 0 Å². The molecule has 1 aromatic heterocycles. The third-order valence-corrected chi connectivity index (χ3v) is 6.75. The van der Waals surface area contributed by atoms with E-state index in [0.29, 0.717) is 5.76 Å². The van der Waals surface area contributed by atoms with Gasteiger partial charge in [0.15, 0.2) is 0 Å². The maximum atomic E-state index is 12.6. The number of hydrogen-bond acceptors (Lipinski definition) is 5. The fourth-order valence-corrected chi connectivity index (χ4v) is 4.17. The summed E-state index contributed by atoms with van der Waals surface area (Å²) in [5.41, 5.74) is 3.33. The van der Waals surface area contributed by atoms with E-state index in [1.807, 2.05) is 43.3 Å². The minimum Gasteiger partial charge on any atom is -0.360 e. The molecule has 0 radical (unpaired) electrons. The predicted octanol–water partition coefficient (Wildman–Crippen LogP) is 3.61. The van der Waals surface area contributed by atoms with Crippen molar-refractivity contribution in [3.05, 3.63) is 59.9 Å². The molecule has 1 aliphatic carbocycles. The highest BCUT2D eigenvalue weighted by atomic mass is 32.2. The lowest BCUT2D eigenvalue weighted by atomic mass is 9.91. The molecule has 1 atom stereocenters. The molecule has 0 aliphatic heterocycles. The molecule has 0 saturated heterocycles. The number of carbonyl (C=O) groups is 1. The van der Waals surface area contributed by atoms with Crippen LogP contribution in [0.15, 0.2) is 53.1 Å². The molecule has 7 heteroatoms. The number of aromatic nitrogens is 1. The van der Waals surface area contributed by atoms with Crippen LogP contribution in [0.5, 0.6) is 0 Å². The smallest absolute Gasteiger partial charge is 0.244 e. The summed E-state index contributed by atoms with van der Waals surface area (Å²) in [5, 5.41) is 4.17. The van der Waals surface area contributed by atoms with E-state index in [-0.39, 0.29) is 12.8 Å². The number of aryl methyl sites for hydroxylation is 1. The summed E-state index contributed by atoms with van der Waals surface area (Å²) in [6.07, 6.45) is 5.58. The van der Waals surface area contributed by atoms with Gasteiger partial charge in [-0.05, 0) is 25.8 Å². The van der Waals surface area contributed by atoms with Crippen LogP contribution in [-0.2, 0) is 14.8 Å². The molecule has 27 heavy (non-hydrogen) atoms. The topological polar surface area (TPSA) is 89.3 Å². The van der Waals surface area contributed by atoms with Crippen molar-refractivity contribution < 1.29 is 17.7 Å². The SMILES string of the molecule is CCC(=O)NS(=O)(=O)C1(C)C=CC(c2c(-c3ccccc3)noc2C)=CC1. The lowest BCUT2D eigenvalue weighted by molar-refractivity contribution is -0.119. The van der Waals surface area contributed by atoms with Gasteiger partial charge in [-0.2, -0.15) is 0 Å². The molecule has 1 N–H and O–H groups in total. The third-order valence-electron chi connectivity index (χ3n) is 4.72. The highest BCUT2D eigenvalue weighted by molar-refractivity contribution is 7.91. The zero-order valence-electron chi connectivity index (χ0n) is 15.5. The first-order valence-corrected chi connectivity index (χ1v) is 10.2. The van der Waals surface area contributed by atoms with Crippen molar-refractivity contribution >= 4 is 21.5 Å². The highest BCUT2D eigenvalue weighted by Crippen LogP contribution is 2.37. The molecule has 0 fully saturated rings. The Morgan fingerprint density at radius 1 is 1.30 bits per heavy atom. The third kappa shape index (κ3) is 3.60. The maximum absolute atomic E-state index is 12.6. The van der Waals surface area contributed by atoms with E-state index >= 15 is 0 Å². The van der Waals surface area contributed by atoms with E-state index < -0.39 is 20.7 Å². The van der Waals surface area contributed by atoms with Gasteiger partial charge in [-0.1, -0.05) is 60.6 Å². The first-order chi connectivity index (χ1) is 12.8. The summed E-state index contributed by atoms with van der Waals surface area (Å²) in [5.74, 6) is 0.149. The Kier molecular flexibility index (Phi) is 5.06. The average Bonchev–Trinajstić information content (AvgIpc) is 3.04. The second kappa shape index (κ2) is 7.15. The van der Waals surface area contributed by atoms with Crippen LogP contribution in [0.4, 0.5) is 0 Å². The second-order valence-corrected chi connectivity index (χ2v) is 8.86. The fraction of sp³-hybridized carbons (Fsp3) is 0.300. The Balaban J connectivity index is 1.93. The Morgan fingerprint density at radius 3 is 2.59 bits per heavy atom. The first kappa shape index (κ1) is 19.1. The van der Waals surface area contributed by atoms with E-state index in [2.05, 4.69) is 9.88 Å². The summed E-state index contributed by atoms with van der Waals surface area (Å²) in [6, 6.07) is 9.67. The Bertz CT molecular complexity index is 1020. The van der Waals surface area contributed by atoms with Crippen molar-refractivity contribution in [1.29, 1.82) is 0 Å². The van der Waals surface area contributed by atoms with E-state index in [1.165, 1.54) is 0 Å². The molecule has 1 amide bonds. The molecule has 3 rings (SSSR count). The van der Waals surface area contributed by atoms with Crippen LogP contribution in [0, 0.1) is 6.92 Å². The summed E-state index contributed by atoms with van der Waals surface area (Å²) < 4.78 is 31.5. The van der Waals surface area contributed by atoms with Crippen LogP contribution in [0.1, 0.15) is 38.0 Å². The number of sulfonamides is 1. The van der Waals surface area contributed by atoms with E-state index in [9.17, 15) is 13.2 Å². The standard InChI is InChI=1S/C20H22N2O4S/c1-4-17(23)22-27(24,25)20(3)12-10-15(11-13-20)18-14(2)26-21-19(18)16-8-6-5-7-9-16/h5-12H,4,13H2,1-3H3,(H,22,23). The number of hydrogen-bond donors (Lipinski definition) is 1. The monoisotopic (exact) mass is 386 g/mol. The Morgan fingerprint density at radius 2 is 2.00 bits per heavy atom. The van der Waals surface area contributed by atoms with E-state index in [1.54, 1.807) is 26.0 Å². The fourth-order valence-electron chi connectivity index (χ4n) is 2.94. The zero-order chi connectivity index (χ0) is 19.7. The molecular weight excluding hydrogens is 364 g/mol. The van der Waals surface area contributed by atoms with Crippen LogP contribution in [0.25, 0.3) is 16.8 Å². The molecular formula is C20H22N2O4S. The van der Waals surface area contributed by atoms with Crippen molar-refractivity contribution in [2.24, 2.45) is 0 Å². The van der Waals surface area contributed by atoms with Crippen molar-refractivity contribution in [2.75, 3.05) is 0 Å². The lowest BCUT2D eigenvalue weighted by Gasteiger charge is -2.27. The van der Waals surface area contributed by atoms with Crippen LogP contribution in [-0.4, -0.2) is 24.2 Å². The minimum atomic E-state index is -3.83. The number of allylic oxidation sites excluding steroid dienone is 3. The zero-order valence-corrected chi connectivity index (χ0v) is 16.3. The van der Waals surface area contributed by atoms with Crippen LogP contribution < -0.4 is 4.72 Å². The minimum absolute atomic E-state index is 0.112. The molecule has 1 unspecified atom stereocenters. The highest BCUT2D eigenvalue weighted by Gasteiger charge is 2.38. The molecule has 142 valence electrons. The summed E-state index contributed by atoms with van der Waals surface area (Å²) in [6.45, 7) is 5.04. The van der Waals surface area contributed by atoms with Gasteiger partial charge < -0.3 is 4.52 Å². The number of carbonyl (C=O) groups excluding carboxylic acids is 1. The largest absolute Gasteiger partial charge is 0.360 e. The van der Waals surface area contributed by atoms with Gasteiger partial charge in [-0.25, -0.2) is 8.42 Å². The van der Waals surface area contributed by atoms with Crippen LogP contribution in [0.2, 0.25) is 0 Å². The summed E-state index contributed by atoms with van der Waals surface area (Å²) >= 11 is 0. The normalized spacial score (nSPS) is 19.6. The molecule has 2 aromatic rings. The number of rotatable bonds is 5. The quantitative estimate of drug-likeness (QED) is 0.848. The van der Waals surface area contributed by atoms with Gasteiger partial charge in [0.05, 0.1) is 5.56 Å². The molecule has 1 aromatic carbocycles. The number of nitrogens with one attached hydrogen (secondary N) is 1. The van der Waals surface area contributed by atoms with Crippen molar-refractivity contribution in [3.63, 3.8) is 0 Å². The maximum Gasteiger partial charge on any atom is 0.244 e. The number of nitrogens with zero attached hydrogens (tertiary/aromatic N) is 1. The molecule has 0 bridgehead atoms. The van der Waals surface area contributed by atoms with Crippen molar-refractivity contribution in [2.45, 2.75) is 38.4 Å². The first-order valence-electron chi connectivity index (χ1n) is 8.74. The molecule has 1 aliphatic rings. The predicted molar refractivity (Wildman–Crippen MR) is 104 cm³/mol. The number of benzene rings is 1.